The molecule has 0 spiro atoms. The monoisotopic (exact) mass is 373 g/mol. The highest BCUT2D eigenvalue weighted by Crippen LogP contribution is 2.24. The van der Waals surface area contributed by atoms with Gasteiger partial charge in [-0.2, -0.15) is 0 Å². The van der Waals surface area contributed by atoms with E-state index in [0.717, 1.165) is 31.7 Å². The summed E-state index contributed by atoms with van der Waals surface area (Å²) in [5, 5.41) is 0. The van der Waals surface area contributed by atoms with Crippen LogP contribution in [0, 0.1) is 0 Å². The third-order valence-electron chi connectivity index (χ3n) is 4.84. The van der Waals surface area contributed by atoms with Crippen molar-refractivity contribution in [1.82, 2.24) is 0 Å². The lowest BCUT2D eigenvalue weighted by Crippen LogP contribution is -2.40. The maximum atomic E-state index is 12.5. The van der Waals surface area contributed by atoms with Gasteiger partial charge in [-0.1, -0.05) is 36.4 Å². The molecule has 0 N–H and O–H groups in total. The number of piperidine rings is 1. The predicted octanol–water partition coefficient (Wildman–Crippen LogP) is 5.30. The summed E-state index contributed by atoms with van der Waals surface area (Å²) in [5.41, 5.74) is 1.71. The van der Waals surface area contributed by atoms with Crippen molar-refractivity contribution in [2.24, 2.45) is 0 Å². The molecule has 1 unspecified atom stereocenters. The minimum Gasteiger partial charge on any atom is -0.457 e. The van der Waals surface area contributed by atoms with E-state index in [2.05, 4.69) is 17.0 Å². The van der Waals surface area contributed by atoms with E-state index >= 15 is 0 Å². The number of esters is 1. The zero-order valence-corrected chi connectivity index (χ0v) is 15.7. The van der Waals surface area contributed by atoms with Crippen molar-refractivity contribution < 1.29 is 14.3 Å². The Kier molecular flexibility index (Phi) is 5.57. The van der Waals surface area contributed by atoms with Crippen LogP contribution in [0.2, 0.25) is 0 Å². The number of carbonyl (C=O) groups excluding carboxylic acids is 1. The van der Waals surface area contributed by atoms with Gasteiger partial charge in [0, 0.05) is 12.2 Å². The summed E-state index contributed by atoms with van der Waals surface area (Å²) in [6, 6.07) is 26.9. The number of nitrogens with zero attached hydrogens (tertiary/aromatic N) is 1. The summed E-state index contributed by atoms with van der Waals surface area (Å²) >= 11 is 0. The lowest BCUT2D eigenvalue weighted by molar-refractivity contribution is 0.0270. The average molecular weight is 373 g/mol. The second kappa shape index (κ2) is 8.61. The Morgan fingerprint density at radius 1 is 0.821 bits per heavy atom. The van der Waals surface area contributed by atoms with Gasteiger partial charge in [-0.15, -0.1) is 0 Å². The molecule has 0 amide bonds. The predicted molar refractivity (Wildman–Crippen MR) is 110 cm³/mol. The van der Waals surface area contributed by atoms with E-state index in [1.807, 2.05) is 48.5 Å². The molecular formula is C24H23NO3. The summed E-state index contributed by atoms with van der Waals surface area (Å²) in [4.78, 5) is 14.8. The van der Waals surface area contributed by atoms with E-state index in [1.54, 1.807) is 24.3 Å². The normalized spacial score (nSPS) is 16.4. The first-order valence-corrected chi connectivity index (χ1v) is 9.62. The number of ether oxygens (including phenoxy) is 2. The van der Waals surface area contributed by atoms with E-state index in [0.29, 0.717) is 11.3 Å². The van der Waals surface area contributed by atoms with Crippen molar-refractivity contribution in [3.8, 4) is 11.5 Å². The van der Waals surface area contributed by atoms with Gasteiger partial charge in [-0.3, -0.25) is 0 Å². The van der Waals surface area contributed by atoms with Crippen LogP contribution in [0.5, 0.6) is 11.5 Å². The molecule has 1 saturated heterocycles. The van der Waals surface area contributed by atoms with Crippen LogP contribution in [-0.2, 0) is 4.74 Å². The highest BCUT2D eigenvalue weighted by molar-refractivity contribution is 5.89. The van der Waals surface area contributed by atoms with Gasteiger partial charge in [0.1, 0.15) is 17.6 Å². The van der Waals surface area contributed by atoms with E-state index in [1.165, 1.54) is 5.69 Å². The Labute approximate surface area is 165 Å². The summed E-state index contributed by atoms with van der Waals surface area (Å²) in [6.45, 7) is 1.72. The van der Waals surface area contributed by atoms with Gasteiger partial charge in [0.2, 0.25) is 0 Å². The molecule has 0 radical (unpaired) electrons. The molecule has 1 aliphatic heterocycles. The molecular weight excluding hydrogens is 350 g/mol. The van der Waals surface area contributed by atoms with Crippen LogP contribution in [0.25, 0.3) is 0 Å². The Balaban J connectivity index is 1.35. The third-order valence-corrected chi connectivity index (χ3v) is 4.84. The van der Waals surface area contributed by atoms with Crippen LogP contribution < -0.4 is 9.64 Å². The molecule has 3 aromatic rings. The average Bonchev–Trinajstić information content (AvgIpc) is 2.76. The molecule has 0 saturated carbocycles. The molecule has 1 aliphatic rings. The van der Waals surface area contributed by atoms with Gasteiger partial charge in [0.05, 0.1) is 12.1 Å². The molecule has 28 heavy (non-hydrogen) atoms. The fraction of sp³-hybridized carbons (Fsp3) is 0.208. The summed E-state index contributed by atoms with van der Waals surface area (Å²) in [5.74, 6) is 1.17. The number of hydrogen-bond acceptors (Lipinski definition) is 4. The van der Waals surface area contributed by atoms with Crippen LogP contribution in [0.4, 0.5) is 5.69 Å². The highest BCUT2D eigenvalue weighted by Gasteiger charge is 2.23. The van der Waals surface area contributed by atoms with Crippen LogP contribution in [-0.4, -0.2) is 25.2 Å². The van der Waals surface area contributed by atoms with E-state index in [4.69, 9.17) is 9.47 Å². The molecule has 4 heteroatoms. The summed E-state index contributed by atoms with van der Waals surface area (Å²) in [6.07, 6.45) is 1.81. The fourth-order valence-electron chi connectivity index (χ4n) is 3.41. The van der Waals surface area contributed by atoms with Crippen molar-refractivity contribution in [1.29, 1.82) is 0 Å². The van der Waals surface area contributed by atoms with Crippen molar-refractivity contribution in [2.45, 2.75) is 18.9 Å². The van der Waals surface area contributed by atoms with Gasteiger partial charge in [-0.05, 0) is 61.4 Å². The third kappa shape index (κ3) is 4.52. The zero-order chi connectivity index (χ0) is 19.2. The molecule has 1 atom stereocenters. The lowest BCUT2D eigenvalue weighted by Gasteiger charge is -2.34. The standard InChI is InChI=1S/C24H23NO3/c26-24(19-13-15-22(16-14-19)27-21-10-5-2-6-11-21)28-23-12-7-17-25(18-23)20-8-3-1-4-9-20/h1-6,8-11,13-16,23H,7,12,17-18H2. The molecule has 4 rings (SSSR count). The molecule has 3 aromatic carbocycles. The number of rotatable bonds is 5. The summed E-state index contributed by atoms with van der Waals surface area (Å²) < 4.78 is 11.5. The smallest absolute Gasteiger partial charge is 0.338 e. The minimum atomic E-state index is -0.286. The van der Waals surface area contributed by atoms with Gasteiger partial charge in [-0.25, -0.2) is 4.79 Å². The van der Waals surface area contributed by atoms with E-state index in [9.17, 15) is 4.79 Å². The molecule has 1 heterocycles. The van der Waals surface area contributed by atoms with Gasteiger partial charge < -0.3 is 14.4 Å². The number of hydrogen-bond donors (Lipinski definition) is 0. The first kappa shape index (κ1) is 18.1. The van der Waals surface area contributed by atoms with Crippen LogP contribution in [0.15, 0.2) is 84.9 Å². The topological polar surface area (TPSA) is 38.8 Å². The van der Waals surface area contributed by atoms with Crippen molar-refractivity contribution in [3.05, 3.63) is 90.5 Å². The molecule has 142 valence electrons. The Bertz CT molecular complexity index is 894. The van der Waals surface area contributed by atoms with E-state index < -0.39 is 0 Å². The fourth-order valence-corrected chi connectivity index (χ4v) is 3.41. The van der Waals surface area contributed by atoms with Crippen molar-refractivity contribution in [3.63, 3.8) is 0 Å². The van der Waals surface area contributed by atoms with Gasteiger partial charge in [0.15, 0.2) is 0 Å². The number of anilines is 1. The molecule has 0 aromatic heterocycles. The van der Waals surface area contributed by atoms with Crippen LogP contribution in [0.3, 0.4) is 0 Å². The number of carbonyl (C=O) groups is 1. The Hall–Kier alpha value is -3.27. The maximum absolute atomic E-state index is 12.5. The summed E-state index contributed by atoms with van der Waals surface area (Å²) in [7, 11) is 0. The maximum Gasteiger partial charge on any atom is 0.338 e. The Morgan fingerprint density at radius 3 is 2.18 bits per heavy atom. The lowest BCUT2D eigenvalue weighted by atomic mass is 10.1. The number of para-hydroxylation sites is 2. The van der Waals surface area contributed by atoms with Crippen molar-refractivity contribution >= 4 is 11.7 Å². The molecule has 0 aliphatic carbocycles. The molecule has 1 fully saturated rings. The molecule has 4 nitrogen and oxygen atoms in total. The van der Waals surface area contributed by atoms with Gasteiger partial charge in [0.25, 0.3) is 0 Å². The van der Waals surface area contributed by atoms with Crippen molar-refractivity contribution in [2.75, 3.05) is 18.0 Å². The second-order valence-corrected chi connectivity index (χ2v) is 6.89. The largest absolute Gasteiger partial charge is 0.457 e. The number of benzene rings is 3. The first-order valence-electron chi connectivity index (χ1n) is 9.62. The van der Waals surface area contributed by atoms with E-state index in [-0.39, 0.29) is 12.1 Å². The Morgan fingerprint density at radius 2 is 1.46 bits per heavy atom. The van der Waals surface area contributed by atoms with Crippen LogP contribution in [0.1, 0.15) is 23.2 Å². The minimum absolute atomic E-state index is 0.0956. The highest BCUT2D eigenvalue weighted by atomic mass is 16.5. The van der Waals surface area contributed by atoms with Crippen LogP contribution >= 0.6 is 0 Å². The SMILES string of the molecule is O=C(OC1CCCN(c2ccccc2)C1)c1ccc(Oc2ccccc2)cc1. The molecule has 0 bridgehead atoms. The van der Waals surface area contributed by atoms with Gasteiger partial charge >= 0.3 is 5.97 Å². The second-order valence-electron chi connectivity index (χ2n) is 6.89. The quantitative estimate of drug-likeness (QED) is 0.569. The zero-order valence-electron chi connectivity index (χ0n) is 15.7. The first-order chi connectivity index (χ1) is 13.8.